The molecule has 1 aliphatic heterocycles. The molecule has 2 aromatic rings. The normalized spacial score (nSPS) is 14.3. The molecule has 1 heterocycles. The van der Waals surface area contributed by atoms with Crippen molar-refractivity contribution in [1.29, 1.82) is 0 Å². The first-order valence-electron chi connectivity index (χ1n) is 8.12. The number of carbonyl (C=O) groups is 2. The van der Waals surface area contributed by atoms with Gasteiger partial charge in [0.25, 0.3) is 5.91 Å². The van der Waals surface area contributed by atoms with Crippen LogP contribution in [0.4, 0.5) is 5.69 Å². The van der Waals surface area contributed by atoms with Gasteiger partial charge < -0.3 is 14.5 Å². The molecule has 25 heavy (non-hydrogen) atoms. The van der Waals surface area contributed by atoms with E-state index in [0.29, 0.717) is 42.5 Å². The van der Waals surface area contributed by atoms with Gasteiger partial charge in [0, 0.05) is 33.1 Å². The van der Waals surface area contributed by atoms with Crippen molar-refractivity contribution in [3.63, 3.8) is 0 Å². The van der Waals surface area contributed by atoms with Crippen molar-refractivity contribution in [2.24, 2.45) is 0 Å². The lowest BCUT2D eigenvalue weighted by Gasteiger charge is -2.36. The maximum Gasteiger partial charge on any atom is 0.308 e. The van der Waals surface area contributed by atoms with Crippen molar-refractivity contribution >= 4 is 29.2 Å². The average molecular weight is 359 g/mol. The fourth-order valence-corrected chi connectivity index (χ4v) is 3.17. The number of hydrogen-bond donors (Lipinski definition) is 0. The van der Waals surface area contributed by atoms with E-state index in [9.17, 15) is 9.59 Å². The van der Waals surface area contributed by atoms with Gasteiger partial charge in [0.05, 0.1) is 16.3 Å². The van der Waals surface area contributed by atoms with Crippen LogP contribution >= 0.6 is 11.6 Å². The molecule has 1 saturated heterocycles. The molecule has 6 heteroatoms. The van der Waals surface area contributed by atoms with Crippen LogP contribution < -0.4 is 9.64 Å². The van der Waals surface area contributed by atoms with Crippen LogP contribution in [0.15, 0.2) is 48.5 Å². The highest BCUT2D eigenvalue weighted by Gasteiger charge is 2.25. The molecule has 3 rings (SSSR count). The van der Waals surface area contributed by atoms with E-state index < -0.39 is 5.97 Å². The Balaban J connectivity index is 1.70. The SMILES string of the molecule is CC(=O)Oc1ccccc1C(=O)N1CCN(c2ccccc2Cl)CC1. The fraction of sp³-hybridized carbons (Fsp3) is 0.263. The molecule has 1 fully saturated rings. The fourth-order valence-electron chi connectivity index (χ4n) is 2.92. The van der Waals surface area contributed by atoms with Crippen LogP contribution in [-0.2, 0) is 4.79 Å². The molecule has 0 saturated carbocycles. The zero-order chi connectivity index (χ0) is 17.8. The minimum absolute atomic E-state index is 0.129. The Morgan fingerprint density at radius 1 is 0.960 bits per heavy atom. The molecule has 0 atom stereocenters. The summed E-state index contributed by atoms with van der Waals surface area (Å²) in [5.41, 5.74) is 1.39. The second-order valence-electron chi connectivity index (χ2n) is 5.82. The highest BCUT2D eigenvalue weighted by molar-refractivity contribution is 6.33. The van der Waals surface area contributed by atoms with Gasteiger partial charge in [0.2, 0.25) is 0 Å². The van der Waals surface area contributed by atoms with Crippen LogP contribution in [0.5, 0.6) is 5.75 Å². The van der Waals surface area contributed by atoms with Crippen LogP contribution in [0, 0.1) is 0 Å². The first-order chi connectivity index (χ1) is 12.1. The Hall–Kier alpha value is -2.53. The maximum absolute atomic E-state index is 12.8. The summed E-state index contributed by atoms with van der Waals surface area (Å²) in [6, 6.07) is 14.5. The number of amides is 1. The van der Waals surface area contributed by atoms with Crippen LogP contribution in [0.25, 0.3) is 0 Å². The van der Waals surface area contributed by atoms with E-state index in [4.69, 9.17) is 16.3 Å². The van der Waals surface area contributed by atoms with Gasteiger partial charge in [-0.2, -0.15) is 0 Å². The molecule has 1 amide bonds. The second-order valence-corrected chi connectivity index (χ2v) is 6.23. The lowest BCUT2D eigenvalue weighted by molar-refractivity contribution is -0.131. The van der Waals surface area contributed by atoms with Gasteiger partial charge >= 0.3 is 5.97 Å². The Kier molecular flexibility index (Phi) is 5.24. The summed E-state index contributed by atoms with van der Waals surface area (Å²) in [6.45, 7) is 3.89. The second kappa shape index (κ2) is 7.57. The first kappa shape index (κ1) is 17.3. The van der Waals surface area contributed by atoms with E-state index in [-0.39, 0.29) is 5.91 Å². The molecule has 0 unspecified atom stereocenters. The molecule has 0 aliphatic carbocycles. The summed E-state index contributed by atoms with van der Waals surface area (Å²) >= 11 is 6.25. The summed E-state index contributed by atoms with van der Waals surface area (Å²) in [7, 11) is 0. The van der Waals surface area contributed by atoms with Crippen molar-refractivity contribution in [2.75, 3.05) is 31.1 Å². The smallest absolute Gasteiger partial charge is 0.308 e. The standard InChI is InChI=1S/C19H19ClN2O3/c1-14(23)25-18-9-5-2-6-15(18)19(24)22-12-10-21(11-13-22)17-8-4-3-7-16(17)20/h2-9H,10-13H2,1H3. The van der Waals surface area contributed by atoms with Gasteiger partial charge in [-0.1, -0.05) is 35.9 Å². The molecular formula is C19H19ClN2O3. The average Bonchev–Trinajstić information content (AvgIpc) is 2.62. The number of hydrogen-bond acceptors (Lipinski definition) is 4. The zero-order valence-corrected chi connectivity index (χ0v) is 14.7. The number of piperazine rings is 1. The largest absolute Gasteiger partial charge is 0.426 e. The van der Waals surface area contributed by atoms with E-state index in [1.807, 2.05) is 24.3 Å². The summed E-state index contributed by atoms with van der Waals surface area (Å²) in [4.78, 5) is 28.0. The first-order valence-corrected chi connectivity index (χ1v) is 8.50. The van der Waals surface area contributed by atoms with Crippen LogP contribution in [-0.4, -0.2) is 43.0 Å². The predicted molar refractivity (Wildman–Crippen MR) is 97.3 cm³/mol. The number of halogens is 1. The third-order valence-electron chi connectivity index (χ3n) is 4.13. The van der Waals surface area contributed by atoms with Crippen molar-refractivity contribution in [3.8, 4) is 5.75 Å². The van der Waals surface area contributed by atoms with Crippen molar-refractivity contribution in [2.45, 2.75) is 6.92 Å². The number of benzene rings is 2. The number of rotatable bonds is 3. The minimum atomic E-state index is -0.441. The van der Waals surface area contributed by atoms with Gasteiger partial charge in [-0.15, -0.1) is 0 Å². The van der Waals surface area contributed by atoms with Crippen molar-refractivity contribution in [1.82, 2.24) is 4.90 Å². The number of esters is 1. The molecule has 5 nitrogen and oxygen atoms in total. The van der Waals surface area contributed by atoms with E-state index >= 15 is 0 Å². The van der Waals surface area contributed by atoms with Gasteiger partial charge in [-0.3, -0.25) is 9.59 Å². The zero-order valence-electron chi connectivity index (χ0n) is 13.9. The van der Waals surface area contributed by atoms with Gasteiger partial charge in [-0.25, -0.2) is 0 Å². The minimum Gasteiger partial charge on any atom is -0.426 e. The molecule has 2 aromatic carbocycles. The molecule has 0 N–H and O–H groups in total. The topological polar surface area (TPSA) is 49.9 Å². The maximum atomic E-state index is 12.8. The molecule has 1 aliphatic rings. The summed E-state index contributed by atoms with van der Waals surface area (Å²) < 4.78 is 5.15. The summed E-state index contributed by atoms with van der Waals surface area (Å²) in [5, 5.41) is 0.711. The van der Waals surface area contributed by atoms with Gasteiger partial charge in [-0.05, 0) is 24.3 Å². The van der Waals surface area contributed by atoms with E-state index in [2.05, 4.69) is 4.90 Å². The van der Waals surface area contributed by atoms with Gasteiger partial charge in [0.1, 0.15) is 5.75 Å². The number of ether oxygens (including phenoxy) is 1. The number of anilines is 1. The Labute approximate surface area is 151 Å². The molecule has 0 radical (unpaired) electrons. The molecule has 0 bridgehead atoms. The summed E-state index contributed by atoms with van der Waals surface area (Å²) in [6.07, 6.45) is 0. The van der Waals surface area contributed by atoms with Crippen molar-refractivity contribution < 1.29 is 14.3 Å². The summed E-state index contributed by atoms with van der Waals surface area (Å²) in [5.74, 6) is -0.270. The van der Waals surface area contributed by atoms with Crippen LogP contribution in [0.1, 0.15) is 17.3 Å². The van der Waals surface area contributed by atoms with Crippen molar-refractivity contribution in [3.05, 3.63) is 59.1 Å². The van der Waals surface area contributed by atoms with Gasteiger partial charge in [0.15, 0.2) is 0 Å². The lowest BCUT2D eigenvalue weighted by atomic mass is 10.1. The quantitative estimate of drug-likeness (QED) is 0.624. The Morgan fingerprint density at radius 2 is 1.60 bits per heavy atom. The van der Waals surface area contributed by atoms with Crippen LogP contribution in [0.3, 0.4) is 0 Å². The number of nitrogens with zero attached hydrogens (tertiary/aromatic N) is 2. The Morgan fingerprint density at radius 3 is 2.28 bits per heavy atom. The molecular weight excluding hydrogens is 340 g/mol. The van der Waals surface area contributed by atoms with E-state index in [1.165, 1.54) is 6.92 Å². The highest BCUT2D eigenvalue weighted by Crippen LogP contribution is 2.27. The number of para-hydroxylation sites is 2. The highest BCUT2D eigenvalue weighted by atomic mass is 35.5. The molecule has 130 valence electrons. The predicted octanol–water partition coefficient (Wildman–Crippen LogP) is 3.23. The monoisotopic (exact) mass is 358 g/mol. The molecule has 0 spiro atoms. The molecule has 0 aromatic heterocycles. The van der Waals surface area contributed by atoms with Crippen LogP contribution in [0.2, 0.25) is 5.02 Å². The Bertz CT molecular complexity index is 786. The third-order valence-corrected chi connectivity index (χ3v) is 4.45. The van der Waals surface area contributed by atoms with E-state index in [0.717, 1.165) is 5.69 Å². The number of carbonyl (C=O) groups excluding carboxylic acids is 2. The lowest BCUT2D eigenvalue weighted by Crippen LogP contribution is -2.49. The third kappa shape index (κ3) is 3.94. The van der Waals surface area contributed by atoms with E-state index in [1.54, 1.807) is 29.2 Å².